The van der Waals surface area contributed by atoms with Crippen molar-refractivity contribution in [1.29, 1.82) is 0 Å². The molecule has 0 aliphatic rings. The fourth-order valence-corrected chi connectivity index (χ4v) is 4.91. The maximum Gasteiger partial charge on any atom is 0.330 e. The lowest BCUT2D eigenvalue weighted by molar-refractivity contribution is -0.160. The second-order valence-corrected chi connectivity index (χ2v) is 12.0. The van der Waals surface area contributed by atoms with Crippen molar-refractivity contribution in [3.8, 4) is 0 Å². The molecule has 0 amide bonds. The third-order valence-corrected chi connectivity index (χ3v) is 7.73. The molecule has 7 heteroatoms. The number of ether oxygens (including phenoxy) is 1. The highest BCUT2D eigenvalue weighted by molar-refractivity contribution is 5.88. The van der Waals surface area contributed by atoms with Crippen molar-refractivity contribution in [2.45, 2.75) is 200 Å². The number of esters is 2. The maximum absolute atomic E-state index is 11.5. The predicted molar refractivity (Wildman–Crippen MR) is 176 cm³/mol. The molecule has 0 saturated carbocycles. The van der Waals surface area contributed by atoms with E-state index in [0.29, 0.717) is 6.42 Å². The van der Waals surface area contributed by atoms with Gasteiger partial charge in [0.25, 0.3) is 0 Å². The van der Waals surface area contributed by atoms with E-state index >= 15 is 0 Å². The fourth-order valence-electron chi connectivity index (χ4n) is 4.91. The minimum Gasteiger partial charge on any atom is -0.481 e. The van der Waals surface area contributed by atoms with Crippen molar-refractivity contribution in [3.05, 3.63) is 0 Å². The average molecular weight is 599 g/mol. The van der Waals surface area contributed by atoms with Gasteiger partial charge in [-0.05, 0) is 25.8 Å². The number of rotatable bonds is 30. The van der Waals surface area contributed by atoms with E-state index in [1.807, 2.05) is 0 Å². The number of hydrogen-bond acceptors (Lipinski definition) is 6. The molecule has 0 aliphatic heterocycles. The Morgan fingerprint density at radius 1 is 0.548 bits per heavy atom. The quantitative estimate of drug-likeness (QED) is 0.0426. The van der Waals surface area contributed by atoms with Crippen molar-refractivity contribution in [3.63, 3.8) is 0 Å². The molecule has 0 spiro atoms. The SMILES string of the molecule is CCCCCCCCCCCC(=O)OC(=O)[C@@H](N)CCC(=O)O.CCCCCCCCCCCCCCCCCCN. The summed E-state index contributed by atoms with van der Waals surface area (Å²) in [4.78, 5) is 33.3. The highest BCUT2D eigenvalue weighted by Crippen LogP contribution is 2.14. The van der Waals surface area contributed by atoms with Gasteiger partial charge >= 0.3 is 17.9 Å². The monoisotopic (exact) mass is 599 g/mol. The number of nitrogens with two attached hydrogens (primary N) is 2. The van der Waals surface area contributed by atoms with E-state index in [1.165, 1.54) is 141 Å². The summed E-state index contributed by atoms with van der Waals surface area (Å²) in [5, 5.41) is 8.50. The minimum absolute atomic E-state index is 0.0283. The summed E-state index contributed by atoms with van der Waals surface area (Å²) in [6, 6.07) is -1.06. The van der Waals surface area contributed by atoms with Gasteiger partial charge in [-0.25, -0.2) is 4.79 Å². The van der Waals surface area contributed by atoms with Crippen molar-refractivity contribution < 1.29 is 24.2 Å². The van der Waals surface area contributed by atoms with Crippen LogP contribution in [0.1, 0.15) is 194 Å². The Balaban J connectivity index is 0. The van der Waals surface area contributed by atoms with E-state index in [-0.39, 0.29) is 19.3 Å². The Morgan fingerprint density at radius 3 is 1.21 bits per heavy atom. The third-order valence-electron chi connectivity index (χ3n) is 7.73. The van der Waals surface area contributed by atoms with Crippen LogP contribution in [0, 0.1) is 0 Å². The van der Waals surface area contributed by atoms with Gasteiger partial charge in [0.05, 0.1) is 0 Å². The smallest absolute Gasteiger partial charge is 0.330 e. The topological polar surface area (TPSA) is 133 Å². The predicted octanol–water partition coefficient (Wildman–Crippen LogP) is 9.38. The van der Waals surface area contributed by atoms with Gasteiger partial charge in [-0.1, -0.05) is 162 Å². The van der Waals surface area contributed by atoms with E-state index in [1.54, 1.807) is 0 Å². The second kappa shape index (κ2) is 35.7. The summed E-state index contributed by atoms with van der Waals surface area (Å²) in [7, 11) is 0. The van der Waals surface area contributed by atoms with Crippen LogP contribution in [0.2, 0.25) is 0 Å². The van der Waals surface area contributed by atoms with Crippen LogP contribution < -0.4 is 11.5 Å². The first kappa shape index (κ1) is 42.7. The summed E-state index contributed by atoms with van der Waals surface area (Å²) in [6.45, 7) is 5.36. The lowest BCUT2D eigenvalue weighted by Crippen LogP contribution is -2.34. The molecule has 42 heavy (non-hydrogen) atoms. The molecule has 0 rings (SSSR count). The molecule has 250 valence electrons. The number of carbonyl (C=O) groups excluding carboxylic acids is 2. The number of hydrogen-bond donors (Lipinski definition) is 3. The molecule has 0 radical (unpaired) electrons. The van der Waals surface area contributed by atoms with E-state index in [4.69, 9.17) is 16.6 Å². The Kier molecular flexibility index (Phi) is 36.3. The van der Waals surface area contributed by atoms with Crippen LogP contribution >= 0.6 is 0 Å². The number of carbonyl (C=O) groups is 3. The van der Waals surface area contributed by atoms with Crippen LogP contribution in [0.15, 0.2) is 0 Å². The van der Waals surface area contributed by atoms with E-state index in [2.05, 4.69) is 18.6 Å². The Morgan fingerprint density at radius 2 is 0.881 bits per heavy atom. The molecule has 0 aromatic rings. The number of carboxylic acids is 1. The highest BCUT2D eigenvalue weighted by Gasteiger charge is 2.19. The van der Waals surface area contributed by atoms with Crippen LogP contribution in [0.25, 0.3) is 0 Å². The molecule has 0 saturated heterocycles. The van der Waals surface area contributed by atoms with Gasteiger partial charge in [-0.2, -0.15) is 0 Å². The standard InChI is InChI=1S/C18H39N.C17H31NO5/c1-2-3-4-5-6-7-8-9-10-11-12-13-14-15-16-17-18-19;1-2-3-4-5-6-7-8-9-10-11-16(21)23-17(22)14(18)12-13-15(19)20/h2-19H2,1H3;14H,2-13,18H2,1H3,(H,19,20)/t;14-/m.0/s1. The summed E-state index contributed by atoms with van der Waals surface area (Å²) >= 11 is 0. The third kappa shape index (κ3) is 36.6. The zero-order valence-electron chi connectivity index (χ0n) is 27.8. The van der Waals surface area contributed by atoms with Crippen LogP contribution in [0.3, 0.4) is 0 Å². The molecule has 0 aromatic carbocycles. The lowest BCUT2D eigenvalue weighted by Gasteiger charge is -2.09. The Bertz CT molecular complexity index is 584. The van der Waals surface area contributed by atoms with Crippen molar-refractivity contribution in [2.75, 3.05) is 6.54 Å². The minimum atomic E-state index is -1.06. The molecule has 0 heterocycles. The van der Waals surface area contributed by atoms with E-state index in [9.17, 15) is 14.4 Å². The van der Waals surface area contributed by atoms with Gasteiger partial charge in [0.2, 0.25) is 0 Å². The summed E-state index contributed by atoms with van der Waals surface area (Å²) in [5.41, 5.74) is 11.0. The van der Waals surface area contributed by atoms with Gasteiger partial charge in [0.1, 0.15) is 6.04 Å². The summed E-state index contributed by atoms with van der Waals surface area (Å²) in [6.07, 6.45) is 33.1. The van der Waals surface area contributed by atoms with E-state index < -0.39 is 23.9 Å². The second-order valence-electron chi connectivity index (χ2n) is 12.0. The molecular weight excluding hydrogens is 528 g/mol. The van der Waals surface area contributed by atoms with Crippen LogP contribution in [0.5, 0.6) is 0 Å². The largest absolute Gasteiger partial charge is 0.481 e. The van der Waals surface area contributed by atoms with E-state index in [0.717, 1.165) is 19.4 Å². The van der Waals surface area contributed by atoms with Gasteiger partial charge in [-0.15, -0.1) is 0 Å². The molecule has 7 nitrogen and oxygen atoms in total. The van der Waals surface area contributed by atoms with Crippen molar-refractivity contribution in [2.24, 2.45) is 11.5 Å². The number of aliphatic carboxylic acids is 1. The van der Waals surface area contributed by atoms with Gasteiger partial charge in [0.15, 0.2) is 0 Å². The Hall–Kier alpha value is -1.47. The summed E-state index contributed by atoms with van der Waals surface area (Å²) in [5.74, 6) is -2.45. The van der Waals surface area contributed by atoms with Crippen LogP contribution in [-0.4, -0.2) is 35.6 Å². The van der Waals surface area contributed by atoms with Gasteiger partial charge in [-0.3, -0.25) is 9.59 Å². The summed E-state index contributed by atoms with van der Waals surface area (Å²) < 4.78 is 4.62. The number of carboxylic acid groups (broad SMARTS) is 1. The normalized spacial score (nSPS) is 11.5. The molecule has 0 aromatic heterocycles. The molecule has 0 fully saturated rings. The fraction of sp³-hybridized carbons (Fsp3) is 0.914. The molecule has 0 aliphatic carbocycles. The molecule has 5 N–H and O–H groups in total. The highest BCUT2D eigenvalue weighted by atomic mass is 16.6. The van der Waals surface area contributed by atoms with Crippen molar-refractivity contribution in [1.82, 2.24) is 0 Å². The number of unbranched alkanes of at least 4 members (excludes halogenated alkanes) is 23. The first-order valence-corrected chi connectivity index (χ1v) is 17.8. The average Bonchev–Trinajstić information content (AvgIpc) is 2.97. The van der Waals surface area contributed by atoms with Gasteiger partial charge in [0, 0.05) is 12.8 Å². The van der Waals surface area contributed by atoms with Crippen molar-refractivity contribution >= 4 is 17.9 Å². The Labute approximate surface area is 259 Å². The first-order chi connectivity index (χ1) is 20.4. The zero-order chi connectivity index (χ0) is 31.5. The first-order valence-electron chi connectivity index (χ1n) is 17.8. The lowest BCUT2D eigenvalue weighted by atomic mass is 10.0. The maximum atomic E-state index is 11.5. The zero-order valence-corrected chi connectivity index (χ0v) is 27.8. The van der Waals surface area contributed by atoms with Gasteiger partial charge < -0.3 is 21.3 Å². The molecular formula is C35H70N2O5. The molecule has 1 atom stereocenters. The van der Waals surface area contributed by atoms with Crippen LogP contribution in [-0.2, 0) is 19.1 Å². The molecule has 0 bridgehead atoms. The molecule has 0 unspecified atom stereocenters. The van der Waals surface area contributed by atoms with Crippen LogP contribution in [0.4, 0.5) is 0 Å².